The lowest BCUT2D eigenvalue weighted by atomic mass is 10.1. The number of phenolic OH excluding ortho intramolecular Hbond substituents is 1. The number of hydrazone groups is 1. The summed E-state index contributed by atoms with van der Waals surface area (Å²) in [5.74, 6) is -1.21. The van der Waals surface area contributed by atoms with Crippen molar-refractivity contribution in [1.82, 2.24) is 0 Å². The van der Waals surface area contributed by atoms with Crippen molar-refractivity contribution in [2.24, 2.45) is 10.2 Å². The van der Waals surface area contributed by atoms with Crippen LogP contribution in [0.15, 0.2) is 52.0 Å². The van der Waals surface area contributed by atoms with E-state index in [1.54, 1.807) is 13.8 Å². The normalized spacial score (nSPS) is 15.3. The molecule has 1 aliphatic heterocycles. The van der Waals surface area contributed by atoms with Crippen molar-refractivity contribution >= 4 is 39.1 Å². The van der Waals surface area contributed by atoms with Crippen molar-refractivity contribution in [2.45, 2.75) is 18.7 Å². The summed E-state index contributed by atoms with van der Waals surface area (Å²) in [6.07, 6.45) is 1.40. The predicted octanol–water partition coefficient (Wildman–Crippen LogP) is 2.15. The summed E-state index contributed by atoms with van der Waals surface area (Å²) in [7, 11) is -3.88. The van der Waals surface area contributed by atoms with E-state index in [1.807, 2.05) is 0 Å². The standard InChI is InChI=1S/C19H18N4O7S/c1-3-30-17-10-12(9-16(18(17)24)23(26)27)8-15-11(2)21-22(19(15)25)13-4-6-14(7-5-13)31(20,28)29/h4-10,24H,3H2,1-2H3,(H2,20,28,29)/b15-8+. The number of aromatic hydroxyl groups is 1. The molecule has 31 heavy (non-hydrogen) atoms. The molecule has 0 aromatic heterocycles. The van der Waals surface area contributed by atoms with Crippen LogP contribution in [-0.4, -0.2) is 36.7 Å². The zero-order chi connectivity index (χ0) is 22.9. The van der Waals surface area contributed by atoms with Crippen LogP contribution in [-0.2, 0) is 14.8 Å². The average Bonchev–Trinajstić information content (AvgIpc) is 2.98. The minimum Gasteiger partial charge on any atom is -0.500 e. The van der Waals surface area contributed by atoms with Gasteiger partial charge in [-0.25, -0.2) is 13.6 Å². The van der Waals surface area contributed by atoms with E-state index in [4.69, 9.17) is 9.88 Å². The number of ether oxygens (including phenoxy) is 1. The predicted molar refractivity (Wildman–Crippen MR) is 112 cm³/mol. The van der Waals surface area contributed by atoms with E-state index in [1.165, 1.54) is 36.4 Å². The molecule has 1 aliphatic rings. The first-order valence-corrected chi connectivity index (χ1v) is 10.5. The molecule has 1 heterocycles. The highest BCUT2D eigenvalue weighted by atomic mass is 32.2. The second-order valence-electron chi connectivity index (χ2n) is 6.48. The van der Waals surface area contributed by atoms with Gasteiger partial charge >= 0.3 is 5.69 Å². The summed E-state index contributed by atoms with van der Waals surface area (Å²) >= 11 is 0. The zero-order valence-electron chi connectivity index (χ0n) is 16.5. The Bertz CT molecular complexity index is 1230. The van der Waals surface area contributed by atoms with Crippen LogP contribution in [0.3, 0.4) is 0 Å². The first-order chi connectivity index (χ1) is 14.5. The Morgan fingerprint density at radius 2 is 1.94 bits per heavy atom. The molecular formula is C19H18N4O7S. The van der Waals surface area contributed by atoms with Crippen molar-refractivity contribution in [3.05, 3.63) is 57.6 Å². The first kappa shape index (κ1) is 21.9. The fourth-order valence-corrected chi connectivity index (χ4v) is 3.42. The van der Waals surface area contributed by atoms with Crippen LogP contribution in [0.1, 0.15) is 19.4 Å². The lowest BCUT2D eigenvalue weighted by Gasteiger charge is -2.12. The lowest BCUT2D eigenvalue weighted by Crippen LogP contribution is -2.21. The molecule has 2 aromatic carbocycles. The number of primary sulfonamides is 1. The number of sulfonamides is 1. The van der Waals surface area contributed by atoms with Gasteiger partial charge in [0.1, 0.15) is 0 Å². The van der Waals surface area contributed by atoms with Crippen LogP contribution < -0.4 is 14.9 Å². The molecule has 0 spiro atoms. The third-order valence-electron chi connectivity index (χ3n) is 4.36. The van der Waals surface area contributed by atoms with E-state index in [0.717, 1.165) is 11.1 Å². The third-order valence-corrected chi connectivity index (χ3v) is 5.29. The van der Waals surface area contributed by atoms with Crippen LogP contribution in [0.2, 0.25) is 0 Å². The van der Waals surface area contributed by atoms with Crippen LogP contribution in [0.4, 0.5) is 11.4 Å². The zero-order valence-corrected chi connectivity index (χ0v) is 17.3. The molecule has 0 aliphatic carbocycles. The maximum Gasteiger partial charge on any atom is 0.315 e. The van der Waals surface area contributed by atoms with Gasteiger partial charge in [0.25, 0.3) is 5.91 Å². The largest absolute Gasteiger partial charge is 0.500 e. The summed E-state index contributed by atoms with van der Waals surface area (Å²) in [4.78, 5) is 23.3. The summed E-state index contributed by atoms with van der Waals surface area (Å²) in [6, 6.07) is 7.77. The Labute approximate surface area is 177 Å². The van der Waals surface area contributed by atoms with E-state index >= 15 is 0 Å². The minimum absolute atomic E-state index is 0.0842. The van der Waals surface area contributed by atoms with Gasteiger partial charge in [0.05, 0.1) is 33.4 Å². The smallest absolute Gasteiger partial charge is 0.315 e. The highest BCUT2D eigenvalue weighted by Gasteiger charge is 2.29. The highest BCUT2D eigenvalue weighted by Crippen LogP contribution is 2.38. The molecule has 3 N–H and O–H groups in total. The number of nitro benzene ring substituents is 1. The number of amides is 1. The maximum atomic E-state index is 12.9. The molecular weight excluding hydrogens is 428 g/mol. The number of phenols is 1. The molecule has 11 nitrogen and oxygen atoms in total. The Balaban J connectivity index is 1.99. The molecule has 0 atom stereocenters. The summed E-state index contributed by atoms with van der Waals surface area (Å²) in [6.45, 7) is 3.42. The summed E-state index contributed by atoms with van der Waals surface area (Å²) < 4.78 is 28.0. The molecule has 0 bridgehead atoms. The van der Waals surface area contributed by atoms with Crippen LogP contribution in [0.25, 0.3) is 6.08 Å². The van der Waals surface area contributed by atoms with Crippen molar-refractivity contribution in [2.75, 3.05) is 11.6 Å². The fourth-order valence-electron chi connectivity index (χ4n) is 2.90. The van der Waals surface area contributed by atoms with Crippen LogP contribution >= 0.6 is 0 Å². The third kappa shape index (κ3) is 4.39. The van der Waals surface area contributed by atoms with Crippen molar-refractivity contribution < 1.29 is 28.0 Å². The topological polar surface area (TPSA) is 165 Å². The number of hydrogen-bond donors (Lipinski definition) is 2. The number of hydrogen-bond acceptors (Lipinski definition) is 8. The van der Waals surface area contributed by atoms with Crippen molar-refractivity contribution in [1.29, 1.82) is 0 Å². The second kappa shape index (κ2) is 8.16. The van der Waals surface area contributed by atoms with Gasteiger partial charge in [-0.2, -0.15) is 10.1 Å². The molecule has 2 aromatic rings. The Morgan fingerprint density at radius 3 is 2.48 bits per heavy atom. The second-order valence-corrected chi connectivity index (χ2v) is 8.04. The fraction of sp³-hybridized carbons (Fsp3) is 0.158. The van der Waals surface area contributed by atoms with Crippen LogP contribution in [0.5, 0.6) is 11.5 Å². The average molecular weight is 446 g/mol. The molecule has 0 fully saturated rings. The van der Waals surface area contributed by atoms with E-state index in [2.05, 4.69) is 5.10 Å². The molecule has 162 valence electrons. The molecule has 0 unspecified atom stereocenters. The van der Waals surface area contributed by atoms with Crippen LogP contribution in [0, 0.1) is 10.1 Å². The number of carbonyl (C=O) groups is 1. The number of rotatable bonds is 6. The van der Waals surface area contributed by atoms with Gasteiger partial charge in [-0.3, -0.25) is 14.9 Å². The Morgan fingerprint density at radius 1 is 1.29 bits per heavy atom. The Hall–Kier alpha value is -3.77. The van der Waals surface area contributed by atoms with Crippen molar-refractivity contribution in [3.8, 4) is 11.5 Å². The summed E-state index contributed by atoms with van der Waals surface area (Å²) in [5.41, 5.74) is 0.518. The number of benzene rings is 2. The highest BCUT2D eigenvalue weighted by molar-refractivity contribution is 7.89. The summed E-state index contributed by atoms with van der Waals surface area (Å²) in [5, 5.41) is 31.6. The lowest BCUT2D eigenvalue weighted by molar-refractivity contribution is -0.386. The number of nitro groups is 1. The number of nitrogens with zero attached hydrogens (tertiary/aromatic N) is 3. The van der Waals surface area contributed by atoms with E-state index in [-0.39, 0.29) is 28.4 Å². The molecule has 0 saturated heterocycles. The maximum absolute atomic E-state index is 12.9. The van der Waals surface area contributed by atoms with Gasteiger partial charge in [0.2, 0.25) is 15.8 Å². The van der Waals surface area contributed by atoms with Gasteiger partial charge in [-0.05, 0) is 55.8 Å². The van der Waals surface area contributed by atoms with Gasteiger partial charge in [-0.15, -0.1) is 0 Å². The first-order valence-electron chi connectivity index (χ1n) is 8.91. The van der Waals surface area contributed by atoms with Gasteiger partial charge in [0.15, 0.2) is 5.75 Å². The van der Waals surface area contributed by atoms with E-state index in [0.29, 0.717) is 11.4 Å². The molecule has 12 heteroatoms. The van der Waals surface area contributed by atoms with Crippen molar-refractivity contribution in [3.63, 3.8) is 0 Å². The van der Waals surface area contributed by atoms with E-state index < -0.39 is 32.3 Å². The molecule has 1 amide bonds. The number of carbonyl (C=O) groups excluding carboxylic acids is 1. The quantitative estimate of drug-likeness (QED) is 0.389. The monoisotopic (exact) mass is 446 g/mol. The Kier molecular flexibility index (Phi) is 5.77. The molecule has 3 rings (SSSR count). The van der Waals surface area contributed by atoms with Gasteiger partial charge in [-0.1, -0.05) is 0 Å². The minimum atomic E-state index is -3.88. The van der Waals surface area contributed by atoms with Gasteiger partial charge in [0, 0.05) is 6.07 Å². The van der Waals surface area contributed by atoms with Gasteiger partial charge < -0.3 is 9.84 Å². The molecule has 0 radical (unpaired) electrons. The van der Waals surface area contributed by atoms with E-state index in [9.17, 15) is 28.4 Å². The number of anilines is 1. The molecule has 0 saturated carbocycles. The number of nitrogens with two attached hydrogens (primary N) is 1. The SMILES string of the molecule is CCOc1cc(/C=C2/C(=O)N(c3ccc(S(N)(=O)=O)cc3)N=C2C)cc([N+](=O)[O-])c1O.